The molecule has 0 aromatic carbocycles. The standard InChI is InChI=1S/C14H25N3O2/c1-11(2)10-13(18)17-7-3-4-12(17)14(19)16-8-5-15-6-9-16/h11-12,15H,3-10H2,1-2H3. The third-order valence-electron chi connectivity index (χ3n) is 3.87. The van der Waals surface area contributed by atoms with Crippen molar-refractivity contribution in [2.75, 3.05) is 32.7 Å². The van der Waals surface area contributed by atoms with Crippen LogP contribution in [0.1, 0.15) is 33.1 Å². The van der Waals surface area contributed by atoms with E-state index in [-0.39, 0.29) is 17.9 Å². The molecule has 1 unspecified atom stereocenters. The summed E-state index contributed by atoms with van der Waals surface area (Å²) < 4.78 is 0. The first kappa shape index (κ1) is 14.3. The van der Waals surface area contributed by atoms with E-state index in [1.807, 2.05) is 23.6 Å². The van der Waals surface area contributed by atoms with Crippen LogP contribution in [0.2, 0.25) is 0 Å². The first-order chi connectivity index (χ1) is 9.09. The van der Waals surface area contributed by atoms with Gasteiger partial charge < -0.3 is 15.1 Å². The van der Waals surface area contributed by atoms with Gasteiger partial charge in [-0.25, -0.2) is 0 Å². The van der Waals surface area contributed by atoms with Gasteiger partial charge in [0, 0.05) is 39.1 Å². The van der Waals surface area contributed by atoms with E-state index in [1.54, 1.807) is 0 Å². The number of rotatable bonds is 3. The molecule has 2 heterocycles. The topological polar surface area (TPSA) is 52.7 Å². The molecule has 1 atom stereocenters. The highest BCUT2D eigenvalue weighted by molar-refractivity contribution is 5.88. The number of hydrogen-bond acceptors (Lipinski definition) is 3. The molecule has 0 aromatic rings. The quantitative estimate of drug-likeness (QED) is 0.808. The zero-order chi connectivity index (χ0) is 13.8. The molecule has 0 saturated carbocycles. The molecule has 2 amide bonds. The molecule has 0 radical (unpaired) electrons. The van der Waals surface area contributed by atoms with E-state index >= 15 is 0 Å². The highest BCUT2D eigenvalue weighted by Crippen LogP contribution is 2.21. The van der Waals surface area contributed by atoms with Gasteiger partial charge in [-0.15, -0.1) is 0 Å². The van der Waals surface area contributed by atoms with Gasteiger partial charge in [-0.2, -0.15) is 0 Å². The van der Waals surface area contributed by atoms with E-state index in [4.69, 9.17) is 0 Å². The third-order valence-corrected chi connectivity index (χ3v) is 3.87. The van der Waals surface area contributed by atoms with E-state index < -0.39 is 0 Å². The molecule has 108 valence electrons. The van der Waals surface area contributed by atoms with Gasteiger partial charge >= 0.3 is 0 Å². The van der Waals surface area contributed by atoms with E-state index in [0.717, 1.165) is 45.6 Å². The number of carbonyl (C=O) groups is 2. The van der Waals surface area contributed by atoms with Gasteiger partial charge in [-0.3, -0.25) is 9.59 Å². The largest absolute Gasteiger partial charge is 0.338 e. The van der Waals surface area contributed by atoms with Gasteiger partial charge in [0.1, 0.15) is 6.04 Å². The van der Waals surface area contributed by atoms with Crippen LogP contribution in [0.15, 0.2) is 0 Å². The fourth-order valence-electron chi connectivity index (χ4n) is 2.88. The summed E-state index contributed by atoms with van der Waals surface area (Å²) in [7, 11) is 0. The Bertz CT molecular complexity index is 338. The molecule has 2 saturated heterocycles. The number of likely N-dealkylation sites (tertiary alicyclic amines) is 1. The fourth-order valence-corrected chi connectivity index (χ4v) is 2.88. The van der Waals surface area contributed by atoms with Crippen molar-refractivity contribution in [3.05, 3.63) is 0 Å². The first-order valence-corrected chi connectivity index (χ1v) is 7.38. The van der Waals surface area contributed by atoms with E-state index in [0.29, 0.717) is 12.3 Å². The van der Waals surface area contributed by atoms with Crippen LogP contribution in [0.3, 0.4) is 0 Å². The van der Waals surface area contributed by atoms with Crippen molar-refractivity contribution < 1.29 is 9.59 Å². The minimum absolute atomic E-state index is 0.140. The molecule has 5 heteroatoms. The van der Waals surface area contributed by atoms with Crippen molar-refractivity contribution >= 4 is 11.8 Å². The van der Waals surface area contributed by atoms with Gasteiger partial charge in [-0.05, 0) is 18.8 Å². The van der Waals surface area contributed by atoms with E-state index in [2.05, 4.69) is 5.32 Å². The second-order valence-corrected chi connectivity index (χ2v) is 5.92. The smallest absolute Gasteiger partial charge is 0.245 e. The summed E-state index contributed by atoms with van der Waals surface area (Å²) in [5, 5.41) is 3.25. The van der Waals surface area contributed by atoms with Crippen LogP contribution in [0.4, 0.5) is 0 Å². The summed E-state index contributed by atoms with van der Waals surface area (Å²) in [6.07, 6.45) is 2.32. The molecule has 2 fully saturated rings. The minimum Gasteiger partial charge on any atom is -0.338 e. The molecule has 0 aromatic heterocycles. The second-order valence-electron chi connectivity index (χ2n) is 5.92. The van der Waals surface area contributed by atoms with E-state index in [9.17, 15) is 9.59 Å². The zero-order valence-electron chi connectivity index (χ0n) is 12.0. The van der Waals surface area contributed by atoms with Gasteiger partial charge in [-0.1, -0.05) is 13.8 Å². The molecule has 0 spiro atoms. The first-order valence-electron chi connectivity index (χ1n) is 7.38. The SMILES string of the molecule is CC(C)CC(=O)N1CCCC1C(=O)N1CCNCC1. The lowest BCUT2D eigenvalue weighted by Gasteiger charge is -2.33. The van der Waals surface area contributed by atoms with Gasteiger partial charge in [0.2, 0.25) is 11.8 Å². The van der Waals surface area contributed by atoms with Gasteiger partial charge in [0.15, 0.2) is 0 Å². The molecule has 2 aliphatic heterocycles. The van der Waals surface area contributed by atoms with Crippen molar-refractivity contribution in [1.82, 2.24) is 15.1 Å². The van der Waals surface area contributed by atoms with Crippen LogP contribution < -0.4 is 5.32 Å². The van der Waals surface area contributed by atoms with Crippen LogP contribution >= 0.6 is 0 Å². The summed E-state index contributed by atoms with van der Waals surface area (Å²) in [4.78, 5) is 28.4. The lowest BCUT2D eigenvalue weighted by molar-refractivity contribution is -0.144. The molecular weight excluding hydrogens is 242 g/mol. The molecule has 5 nitrogen and oxygen atoms in total. The lowest BCUT2D eigenvalue weighted by atomic mass is 10.1. The number of nitrogens with zero attached hydrogens (tertiary/aromatic N) is 2. The highest BCUT2D eigenvalue weighted by atomic mass is 16.2. The highest BCUT2D eigenvalue weighted by Gasteiger charge is 2.36. The Labute approximate surface area is 115 Å². The third kappa shape index (κ3) is 3.47. The van der Waals surface area contributed by atoms with Crippen molar-refractivity contribution in [1.29, 1.82) is 0 Å². The normalized spacial score (nSPS) is 24.1. The summed E-state index contributed by atoms with van der Waals surface area (Å²) in [5.74, 6) is 0.639. The number of carbonyl (C=O) groups excluding carboxylic acids is 2. The maximum atomic E-state index is 12.5. The number of hydrogen-bond donors (Lipinski definition) is 1. The zero-order valence-corrected chi connectivity index (χ0v) is 12.0. The molecular formula is C14H25N3O2. The van der Waals surface area contributed by atoms with Crippen LogP contribution in [0.25, 0.3) is 0 Å². The number of amides is 2. The minimum atomic E-state index is -0.204. The molecule has 0 aliphatic carbocycles. The Hall–Kier alpha value is -1.10. The molecule has 1 N–H and O–H groups in total. The maximum absolute atomic E-state index is 12.5. The van der Waals surface area contributed by atoms with Gasteiger partial charge in [0.25, 0.3) is 0 Å². The Morgan fingerprint density at radius 2 is 1.89 bits per heavy atom. The average molecular weight is 267 g/mol. The van der Waals surface area contributed by atoms with Crippen LogP contribution in [-0.2, 0) is 9.59 Å². The lowest BCUT2D eigenvalue weighted by Crippen LogP contribution is -2.53. The Kier molecular flexibility index (Phi) is 4.80. The Morgan fingerprint density at radius 1 is 1.21 bits per heavy atom. The van der Waals surface area contributed by atoms with Gasteiger partial charge in [0.05, 0.1) is 0 Å². The maximum Gasteiger partial charge on any atom is 0.245 e. The van der Waals surface area contributed by atoms with Crippen LogP contribution in [0, 0.1) is 5.92 Å². The molecule has 2 rings (SSSR count). The molecule has 2 aliphatic rings. The summed E-state index contributed by atoms with van der Waals surface area (Å²) in [5.41, 5.74) is 0. The monoisotopic (exact) mass is 267 g/mol. The van der Waals surface area contributed by atoms with Crippen molar-refractivity contribution in [2.45, 2.75) is 39.2 Å². The summed E-state index contributed by atoms with van der Waals surface area (Å²) in [6, 6.07) is -0.204. The van der Waals surface area contributed by atoms with Crippen molar-refractivity contribution in [3.63, 3.8) is 0 Å². The summed E-state index contributed by atoms with van der Waals surface area (Å²) in [6.45, 7) is 8.08. The van der Waals surface area contributed by atoms with Crippen LogP contribution in [-0.4, -0.2) is 60.4 Å². The van der Waals surface area contributed by atoms with E-state index in [1.165, 1.54) is 0 Å². The molecule has 19 heavy (non-hydrogen) atoms. The average Bonchev–Trinajstić information content (AvgIpc) is 2.87. The summed E-state index contributed by atoms with van der Waals surface area (Å²) >= 11 is 0. The predicted molar refractivity (Wildman–Crippen MR) is 73.6 cm³/mol. The van der Waals surface area contributed by atoms with Crippen molar-refractivity contribution in [3.8, 4) is 0 Å². The fraction of sp³-hybridized carbons (Fsp3) is 0.857. The predicted octanol–water partition coefficient (Wildman–Crippen LogP) is 0.455. The Morgan fingerprint density at radius 3 is 2.53 bits per heavy atom. The Balaban J connectivity index is 1.97. The second kappa shape index (κ2) is 6.37. The van der Waals surface area contributed by atoms with Crippen molar-refractivity contribution in [2.24, 2.45) is 5.92 Å². The molecule has 0 bridgehead atoms. The number of piperazine rings is 1. The number of nitrogens with one attached hydrogen (secondary N) is 1. The van der Waals surface area contributed by atoms with Crippen LogP contribution in [0.5, 0.6) is 0 Å².